The van der Waals surface area contributed by atoms with E-state index in [2.05, 4.69) is 29.4 Å². The number of para-hydroxylation sites is 2. The number of fused-ring (bicyclic) bond motifs is 1. The Morgan fingerprint density at radius 2 is 1.78 bits per heavy atom. The average molecular weight is 488 g/mol. The number of nitrogens with zero attached hydrogens (tertiary/aromatic N) is 1. The fraction of sp³-hybridized carbons (Fsp3) is 0.467. The van der Waals surface area contributed by atoms with Crippen LogP contribution in [-0.4, -0.2) is 31.4 Å². The molecule has 6 heteroatoms. The summed E-state index contributed by atoms with van der Waals surface area (Å²) in [6.07, 6.45) is 6.90. The monoisotopic (exact) mass is 487 g/mol. The molecule has 0 radical (unpaired) electrons. The third kappa shape index (κ3) is 4.99. The molecular formula is C30H37N3O3. The highest BCUT2D eigenvalue weighted by Crippen LogP contribution is 2.48. The largest absolute Gasteiger partial charge is 0.497 e. The number of anilines is 2. The summed E-state index contributed by atoms with van der Waals surface area (Å²) in [6.45, 7) is 4.47. The van der Waals surface area contributed by atoms with Gasteiger partial charge in [0.25, 0.3) is 0 Å². The molecule has 1 saturated carbocycles. The number of ether oxygens (including phenoxy) is 1. The van der Waals surface area contributed by atoms with E-state index in [1.165, 1.54) is 6.42 Å². The zero-order valence-corrected chi connectivity index (χ0v) is 21.6. The van der Waals surface area contributed by atoms with Crippen LogP contribution in [0.5, 0.6) is 5.75 Å². The lowest BCUT2D eigenvalue weighted by Crippen LogP contribution is -2.45. The van der Waals surface area contributed by atoms with Crippen molar-refractivity contribution in [3.8, 4) is 5.75 Å². The molecule has 2 N–H and O–H groups in total. The van der Waals surface area contributed by atoms with E-state index in [0.29, 0.717) is 6.42 Å². The van der Waals surface area contributed by atoms with Gasteiger partial charge in [-0.1, -0.05) is 57.4 Å². The van der Waals surface area contributed by atoms with Gasteiger partial charge < -0.3 is 20.3 Å². The van der Waals surface area contributed by atoms with Crippen molar-refractivity contribution in [1.29, 1.82) is 0 Å². The fourth-order valence-electron chi connectivity index (χ4n) is 6.04. The van der Waals surface area contributed by atoms with E-state index >= 15 is 0 Å². The second kappa shape index (κ2) is 10.00. The lowest BCUT2D eigenvalue weighted by Gasteiger charge is -2.38. The highest BCUT2D eigenvalue weighted by atomic mass is 16.5. The summed E-state index contributed by atoms with van der Waals surface area (Å²) in [7, 11) is 1.65. The molecule has 3 aliphatic rings. The fourth-order valence-corrected chi connectivity index (χ4v) is 6.04. The van der Waals surface area contributed by atoms with Crippen LogP contribution in [0.1, 0.15) is 70.4 Å². The predicted octanol–water partition coefficient (Wildman–Crippen LogP) is 5.76. The topological polar surface area (TPSA) is 70.7 Å². The van der Waals surface area contributed by atoms with Crippen LogP contribution in [0.3, 0.4) is 0 Å². The molecule has 1 heterocycles. The highest BCUT2D eigenvalue weighted by molar-refractivity contribution is 6.01. The number of Topliss-reactive ketones (excluding diaryl/α,β-unsaturated/α-hetero) is 1. The first-order valence-corrected chi connectivity index (χ1v) is 13.2. The van der Waals surface area contributed by atoms with Crippen molar-refractivity contribution in [2.75, 3.05) is 23.9 Å². The first-order chi connectivity index (χ1) is 17.3. The van der Waals surface area contributed by atoms with Crippen molar-refractivity contribution in [3.05, 3.63) is 65.4 Å². The number of rotatable bonds is 5. The molecule has 6 nitrogen and oxygen atoms in total. The molecule has 36 heavy (non-hydrogen) atoms. The van der Waals surface area contributed by atoms with E-state index in [-0.39, 0.29) is 35.7 Å². The molecule has 1 unspecified atom stereocenters. The quantitative estimate of drug-likeness (QED) is 0.561. The van der Waals surface area contributed by atoms with Crippen LogP contribution in [0.4, 0.5) is 11.4 Å². The molecule has 190 valence electrons. The molecule has 2 aromatic carbocycles. The van der Waals surface area contributed by atoms with Gasteiger partial charge in [0.1, 0.15) is 5.75 Å². The van der Waals surface area contributed by atoms with Gasteiger partial charge in [-0.3, -0.25) is 9.59 Å². The van der Waals surface area contributed by atoms with Crippen molar-refractivity contribution >= 4 is 23.1 Å². The van der Waals surface area contributed by atoms with Gasteiger partial charge in [0.2, 0.25) is 5.91 Å². The SMILES string of the molecule is COc1ccc(C2C3=C(CC(C)(C)CC3=O)Nc3ccccc3N2CC(=O)NC2CCCCC2)cc1. The van der Waals surface area contributed by atoms with Crippen LogP contribution in [0, 0.1) is 5.41 Å². The summed E-state index contributed by atoms with van der Waals surface area (Å²) in [5.41, 5.74) is 4.42. The number of benzene rings is 2. The number of hydrogen-bond acceptors (Lipinski definition) is 5. The second-order valence-electron chi connectivity index (χ2n) is 11.2. The Labute approximate surface area is 214 Å². The van der Waals surface area contributed by atoms with Crippen molar-refractivity contribution < 1.29 is 14.3 Å². The van der Waals surface area contributed by atoms with Crippen molar-refractivity contribution in [2.24, 2.45) is 5.41 Å². The van der Waals surface area contributed by atoms with E-state index in [1.54, 1.807) is 7.11 Å². The molecule has 2 aliphatic carbocycles. The minimum Gasteiger partial charge on any atom is -0.497 e. The van der Waals surface area contributed by atoms with E-state index in [4.69, 9.17) is 4.74 Å². The minimum absolute atomic E-state index is 0.00264. The predicted molar refractivity (Wildman–Crippen MR) is 143 cm³/mol. The Kier molecular flexibility index (Phi) is 6.78. The zero-order valence-electron chi connectivity index (χ0n) is 21.6. The third-order valence-electron chi connectivity index (χ3n) is 7.72. The average Bonchev–Trinajstić information content (AvgIpc) is 2.98. The molecule has 0 aromatic heterocycles. The van der Waals surface area contributed by atoms with Crippen molar-refractivity contribution in [3.63, 3.8) is 0 Å². The van der Waals surface area contributed by atoms with Crippen LogP contribution in [0.25, 0.3) is 0 Å². The van der Waals surface area contributed by atoms with Crippen LogP contribution in [0.2, 0.25) is 0 Å². The zero-order chi connectivity index (χ0) is 25.3. The van der Waals surface area contributed by atoms with Gasteiger partial charge in [0.05, 0.1) is 31.1 Å². The molecular weight excluding hydrogens is 450 g/mol. The van der Waals surface area contributed by atoms with Gasteiger partial charge in [0, 0.05) is 23.7 Å². The normalized spacial score (nSPS) is 21.7. The summed E-state index contributed by atoms with van der Waals surface area (Å²) in [4.78, 5) is 29.3. The Morgan fingerprint density at radius 3 is 2.50 bits per heavy atom. The van der Waals surface area contributed by atoms with Gasteiger partial charge in [-0.05, 0) is 54.5 Å². The van der Waals surface area contributed by atoms with E-state index in [0.717, 1.165) is 66.1 Å². The summed E-state index contributed by atoms with van der Waals surface area (Å²) in [5, 5.41) is 6.90. The Hall–Kier alpha value is -3.28. The van der Waals surface area contributed by atoms with Gasteiger partial charge in [0.15, 0.2) is 5.78 Å². The number of hydrogen-bond donors (Lipinski definition) is 2. The Bertz CT molecular complexity index is 1160. The minimum atomic E-state index is -0.372. The first kappa shape index (κ1) is 24.4. The molecule has 0 spiro atoms. The maximum atomic E-state index is 13.8. The standard InChI is InChI=1S/C30H37N3O3/c1-30(2)17-24-28(26(34)18-30)29(20-13-15-22(36-3)16-14-20)33(25-12-8-7-11-23(25)32-24)19-27(35)31-21-9-5-4-6-10-21/h7-8,11-16,21,29,32H,4-6,9-10,17-19H2,1-3H3,(H,31,35). The van der Waals surface area contributed by atoms with Crippen LogP contribution < -0.4 is 20.3 Å². The van der Waals surface area contributed by atoms with Crippen LogP contribution >= 0.6 is 0 Å². The van der Waals surface area contributed by atoms with E-state index in [1.807, 2.05) is 48.5 Å². The summed E-state index contributed by atoms with van der Waals surface area (Å²) in [6, 6.07) is 15.8. The number of amides is 1. The number of carbonyl (C=O) groups is 2. The third-order valence-corrected chi connectivity index (χ3v) is 7.72. The molecule has 0 bridgehead atoms. The van der Waals surface area contributed by atoms with Crippen molar-refractivity contribution in [1.82, 2.24) is 5.32 Å². The van der Waals surface area contributed by atoms with Gasteiger partial charge in [-0.2, -0.15) is 0 Å². The maximum absolute atomic E-state index is 13.8. The first-order valence-electron chi connectivity index (χ1n) is 13.2. The molecule has 5 rings (SSSR count). The molecule has 1 fully saturated rings. The molecule has 2 aromatic rings. The van der Waals surface area contributed by atoms with E-state index < -0.39 is 0 Å². The maximum Gasteiger partial charge on any atom is 0.239 e. The second-order valence-corrected chi connectivity index (χ2v) is 11.2. The number of carbonyl (C=O) groups excluding carboxylic acids is 2. The number of nitrogens with one attached hydrogen (secondary N) is 2. The summed E-state index contributed by atoms with van der Waals surface area (Å²) >= 11 is 0. The molecule has 1 atom stereocenters. The van der Waals surface area contributed by atoms with Gasteiger partial charge >= 0.3 is 0 Å². The Morgan fingerprint density at radius 1 is 1.06 bits per heavy atom. The summed E-state index contributed by atoms with van der Waals surface area (Å²) in [5.74, 6) is 0.903. The smallest absolute Gasteiger partial charge is 0.239 e. The molecule has 1 amide bonds. The highest BCUT2D eigenvalue weighted by Gasteiger charge is 2.42. The molecule has 0 saturated heterocycles. The lowest BCUT2D eigenvalue weighted by atomic mass is 9.73. The van der Waals surface area contributed by atoms with Crippen LogP contribution in [-0.2, 0) is 9.59 Å². The van der Waals surface area contributed by atoms with Gasteiger partial charge in [-0.25, -0.2) is 0 Å². The number of allylic oxidation sites excluding steroid dienone is 1. The molecule has 1 aliphatic heterocycles. The number of methoxy groups -OCH3 is 1. The summed E-state index contributed by atoms with van der Waals surface area (Å²) < 4.78 is 5.40. The lowest BCUT2D eigenvalue weighted by molar-refractivity contribution is -0.121. The van der Waals surface area contributed by atoms with E-state index in [9.17, 15) is 9.59 Å². The Balaban J connectivity index is 1.60. The van der Waals surface area contributed by atoms with Gasteiger partial charge in [-0.15, -0.1) is 0 Å². The number of ketones is 1. The van der Waals surface area contributed by atoms with Crippen molar-refractivity contribution in [2.45, 2.75) is 70.9 Å². The van der Waals surface area contributed by atoms with Crippen LogP contribution in [0.15, 0.2) is 59.8 Å².